The average molecular weight is 280 g/mol. The lowest BCUT2D eigenvalue weighted by Crippen LogP contribution is -2.35. The van der Waals surface area contributed by atoms with Gasteiger partial charge in [0.15, 0.2) is 0 Å². The van der Waals surface area contributed by atoms with Crippen LogP contribution in [-0.2, 0) is 13.6 Å². The van der Waals surface area contributed by atoms with Crippen molar-refractivity contribution in [3.05, 3.63) is 17.5 Å². The third-order valence-electron chi connectivity index (χ3n) is 4.17. The summed E-state index contributed by atoms with van der Waals surface area (Å²) in [4.78, 5) is 13.5. The monoisotopic (exact) mass is 280 g/mol. The smallest absolute Gasteiger partial charge is 0.339 e. The molecule has 1 aliphatic rings. The third-order valence-corrected chi connectivity index (χ3v) is 4.17. The maximum Gasteiger partial charge on any atom is 0.339 e. The molecular formula is C14H24N4O2. The molecule has 2 rings (SSSR count). The maximum atomic E-state index is 11.1. The van der Waals surface area contributed by atoms with Crippen molar-refractivity contribution in [3.63, 3.8) is 0 Å². The molecule has 1 heterocycles. The summed E-state index contributed by atoms with van der Waals surface area (Å²) in [6, 6.07) is 0.725. The Labute approximate surface area is 119 Å². The van der Waals surface area contributed by atoms with Crippen molar-refractivity contribution in [1.82, 2.24) is 20.0 Å². The summed E-state index contributed by atoms with van der Waals surface area (Å²) in [5.74, 6) is -0.919. The number of aryl methyl sites for hydroxylation is 1. The van der Waals surface area contributed by atoms with Crippen LogP contribution in [0.25, 0.3) is 0 Å². The summed E-state index contributed by atoms with van der Waals surface area (Å²) in [6.07, 6.45) is 6.71. The maximum absolute atomic E-state index is 11.1. The van der Waals surface area contributed by atoms with Gasteiger partial charge in [-0.1, -0.05) is 12.8 Å². The van der Waals surface area contributed by atoms with E-state index in [2.05, 4.69) is 22.4 Å². The van der Waals surface area contributed by atoms with Gasteiger partial charge in [0.1, 0.15) is 5.56 Å². The molecule has 1 aromatic heterocycles. The van der Waals surface area contributed by atoms with Gasteiger partial charge in [0.25, 0.3) is 0 Å². The number of hydrogen-bond donors (Lipinski definition) is 2. The molecule has 0 unspecified atom stereocenters. The van der Waals surface area contributed by atoms with Crippen LogP contribution in [0.3, 0.4) is 0 Å². The molecule has 0 bridgehead atoms. The molecule has 6 nitrogen and oxygen atoms in total. The number of rotatable bonds is 7. The summed E-state index contributed by atoms with van der Waals surface area (Å²) in [5.41, 5.74) is 1.00. The minimum absolute atomic E-state index is 0.282. The number of likely N-dealkylation sites (N-methyl/N-ethyl adjacent to an activating group) is 1. The van der Waals surface area contributed by atoms with E-state index in [9.17, 15) is 4.79 Å². The Morgan fingerprint density at radius 1 is 1.55 bits per heavy atom. The highest BCUT2D eigenvalue weighted by molar-refractivity contribution is 5.88. The van der Waals surface area contributed by atoms with Crippen LogP contribution in [0.1, 0.15) is 41.7 Å². The molecule has 1 fully saturated rings. The van der Waals surface area contributed by atoms with Crippen molar-refractivity contribution in [1.29, 1.82) is 0 Å². The Hall–Kier alpha value is -1.40. The largest absolute Gasteiger partial charge is 0.478 e. The van der Waals surface area contributed by atoms with Gasteiger partial charge >= 0.3 is 5.97 Å². The zero-order chi connectivity index (χ0) is 14.5. The van der Waals surface area contributed by atoms with Gasteiger partial charge in [0, 0.05) is 32.7 Å². The first-order valence-electron chi connectivity index (χ1n) is 7.24. The fourth-order valence-electron chi connectivity index (χ4n) is 2.84. The Kier molecular flexibility index (Phi) is 5.14. The van der Waals surface area contributed by atoms with E-state index in [1.54, 1.807) is 11.7 Å². The summed E-state index contributed by atoms with van der Waals surface area (Å²) in [5, 5.41) is 16.4. The third kappa shape index (κ3) is 3.58. The molecule has 2 N–H and O–H groups in total. The second kappa shape index (κ2) is 6.85. The number of carboxylic acids is 1. The topological polar surface area (TPSA) is 70.4 Å². The Morgan fingerprint density at radius 2 is 2.25 bits per heavy atom. The number of aromatic carboxylic acids is 1. The average Bonchev–Trinajstić information content (AvgIpc) is 3.04. The summed E-state index contributed by atoms with van der Waals surface area (Å²) < 4.78 is 1.62. The van der Waals surface area contributed by atoms with Crippen molar-refractivity contribution in [2.45, 2.75) is 38.3 Å². The number of nitrogens with zero attached hydrogens (tertiary/aromatic N) is 3. The van der Waals surface area contributed by atoms with Crippen LogP contribution in [0, 0.1) is 0 Å². The lowest BCUT2D eigenvalue weighted by molar-refractivity contribution is 0.0695. The quantitative estimate of drug-likeness (QED) is 0.731. The molecule has 0 amide bonds. The molecule has 20 heavy (non-hydrogen) atoms. The second-order valence-electron chi connectivity index (χ2n) is 5.53. The van der Waals surface area contributed by atoms with Gasteiger partial charge in [-0.2, -0.15) is 5.10 Å². The fraction of sp³-hybridized carbons (Fsp3) is 0.714. The number of hydrogen-bond acceptors (Lipinski definition) is 4. The predicted molar refractivity (Wildman–Crippen MR) is 76.8 cm³/mol. The first-order chi connectivity index (χ1) is 9.59. The van der Waals surface area contributed by atoms with Crippen LogP contribution in [0.2, 0.25) is 0 Å². The highest BCUT2D eigenvalue weighted by Gasteiger charge is 2.19. The van der Waals surface area contributed by atoms with Crippen molar-refractivity contribution >= 4 is 5.97 Å². The fourth-order valence-corrected chi connectivity index (χ4v) is 2.84. The Balaban J connectivity index is 1.75. The Bertz CT molecular complexity index is 452. The number of aromatic nitrogens is 2. The van der Waals surface area contributed by atoms with E-state index < -0.39 is 5.97 Å². The van der Waals surface area contributed by atoms with Crippen LogP contribution < -0.4 is 5.32 Å². The van der Waals surface area contributed by atoms with Crippen molar-refractivity contribution in [2.24, 2.45) is 7.05 Å². The minimum atomic E-state index is -0.919. The molecule has 112 valence electrons. The predicted octanol–water partition coefficient (Wildman–Crippen LogP) is 1.08. The minimum Gasteiger partial charge on any atom is -0.478 e. The molecule has 6 heteroatoms. The van der Waals surface area contributed by atoms with Gasteiger partial charge in [-0.15, -0.1) is 0 Å². The SMILES string of the molecule is CN(CCNCc1c(C(=O)O)cnn1C)C1CCCC1. The van der Waals surface area contributed by atoms with E-state index in [1.165, 1.54) is 31.9 Å². The normalized spacial score (nSPS) is 16.1. The van der Waals surface area contributed by atoms with Crippen molar-refractivity contribution in [2.75, 3.05) is 20.1 Å². The second-order valence-corrected chi connectivity index (χ2v) is 5.53. The molecule has 1 aliphatic carbocycles. The van der Waals surface area contributed by atoms with Gasteiger partial charge in [0.2, 0.25) is 0 Å². The lowest BCUT2D eigenvalue weighted by atomic mass is 10.2. The summed E-state index contributed by atoms with van der Waals surface area (Å²) in [6.45, 7) is 2.39. The molecule has 1 saturated carbocycles. The van der Waals surface area contributed by atoms with Crippen molar-refractivity contribution in [3.8, 4) is 0 Å². The van der Waals surface area contributed by atoms with E-state index in [4.69, 9.17) is 5.11 Å². The first-order valence-corrected chi connectivity index (χ1v) is 7.24. The highest BCUT2D eigenvalue weighted by Crippen LogP contribution is 2.21. The highest BCUT2D eigenvalue weighted by atomic mass is 16.4. The summed E-state index contributed by atoms with van der Waals surface area (Å²) in [7, 11) is 3.94. The molecule has 0 aliphatic heterocycles. The lowest BCUT2D eigenvalue weighted by Gasteiger charge is -2.24. The molecule has 0 spiro atoms. The van der Waals surface area contributed by atoms with E-state index in [-0.39, 0.29) is 5.56 Å². The van der Waals surface area contributed by atoms with Crippen molar-refractivity contribution < 1.29 is 9.90 Å². The van der Waals surface area contributed by atoms with E-state index in [0.29, 0.717) is 6.54 Å². The van der Waals surface area contributed by atoms with Gasteiger partial charge < -0.3 is 15.3 Å². The van der Waals surface area contributed by atoms with Gasteiger partial charge in [-0.05, 0) is 19.9 Å². The van der Waals surface area contributed by atoms with Crippen LogP contribution in [0.5, 0.6) is 0 Å². The molecule has 0 saturated heterocycles. The first kappa shape index (κ1) is 15.0. The number of nitrogens with one attached hydrogen (secondary N) is 1. The summed E-state index contributed by atoms with van der Waals surface area (Å²) >= 11 is 0. The van der Waals surface area contributed by atoms with Crippen LogP contribution in [-0.4, -0.2) is 51.9 Å². The molecular weight excluding hydrogens is 256 g/mol. The van der Waals surface area contributed by atoms with Gasteiger partial charge in [-0.3, -0.25) is 4.68 Å². The van der Waals surface area contributed by atoms with E-state index in [1.807, 2.05) is 0 Å². The number of carbonyl (C=O) groups is 1. The standard InChI is InChI=1S/C14H24N4O2/c1-17(11-5-3-4-6-11)8-7-15-10-13-12(14(19)20)9-16-18(13)2/h9,11,15H,3-8,10H2,1-2H3,(H,19,20). The van der Waals surface area contributed by atoms with Gasteiger partial charge in [-0.25, -0.2) is 4.79 Å². The molecule has 0 atom stereocenters. The van der Waals surface area contributed by atoms with E-state index >= 15 is 0 Å². The van der Waals surface area contributed by atoms with Crippen LogP contribution in [0.15, 0.2) is 6.20 Å². The molecule has 0 radical (unpaired) electrons. The number of carboxylic acid groups (broad SMARTS) is 1. The van der Waals surface area contributed by atoms with Crippen LogP contribution in [0.4, 0.5) is 0 Å². The molecule has 0 aromatic carbocycles. The molecule has 1 aromatic rings. The zero-order valence-electron chi connectivity index (χ0n) is 12.3. The van der Waals surface area contributed by atoms with Gasteiger partial charge in [0.05, 0.1) is 11.9 Å². The van der Waals surface area contributed by atoms with Crippen LogP contribution >= 0.6 is 0 Å². The Morgan fingerprint density at radius 3 is 2.90 bits per heavy atom. The van der Waals surface area contributed by atoms with E-state index in [0.717, 1.165) is 24.8 Å². The zero-order valence-corrected chi connectivity index (χ0v) is 12.3.